The Morgan fingerprint density at radius 1 is 1.17 bits per heavy atom. The van der Waals surface area contributed by atoms with Gasteiger partial charge < -0.3 is 10.0 Å². The van der Waals surface area contributed by atoms with Gasteiger partial charge in [-0.1, -0.05) is 38.1 Å². The Bertz CT molecular complexity index is 653. The molecule has 1 N–H and O–H groups in total. The lowest BCUT2D eigenvalue weighted by Crippen LogP contribution is -2.40. The maximum Gasteiger partial charge on any atom is 0.116 e. The second-order valence-electron chi connectivity index (χ2n) is 7.47. The molecule has 0 spiro atoms. The van der Waals surface area contributed by atoms with Crippen LogP contribution >= 0.6 is 12.4 Å². The molecule has 1 aliphatic rings. The van der Waals surface area contributed by atoms with Crippen molar-refractivity contribution in [3.8, 4) is 5.75 Å². The van der Waals surface area contributed by atoms with Gasteiger partial charge in [0.2, 0.25) is 0 Å². The van der Waals surface area contributed by atoms with Crippen molar-refractivity contribution in [2.24, 2.45) is 5.41 Å². The monoisotopic (exact) mass is 333 g/mol. The number of hydrogen-bond acceptors (Lipinski definition) is 2. The van der Waals surface area contributed by atoms with Crippen LogP contribution in [0.25, 0.3) is 10.8 Å². The molecule has 1 fully saturated rings. The van der Waals surface area contributed by atoms with Gasteiger partial charge in [-0.2, -0.15) is 0 Å². The smallest absolute Gasteiger partial charge is 0.116 e. The molecule has 0 amide bonds. The molecule has 0 unspecified atom stereocenters. The number of phenolic OH excluding ortho intramolecular Hbond substituents is 1. The molecule has 23 heavy (non-hydrogen) atoms. The number of phenols is 1. The summed E-state index contributed by atoms with van der Waals surface area (Å²) in [7, 11) is 0. The van der Waals surface area contributed by atoms with E-state index >= 15 is 0 Å². The molecule has 0 atom stereocenters. The lowest BCUT2D eigenvalue weighted by molar-refractivity contribution is 0.117. The van der Waals surface area contributed by atoms with Crippen LogP contribution in [0.4, 0.5) is 0 Å². The molecule has 2 aromatic rings. The van der Waals surface area contributed by atoms with E-state index < -0.39 is 0 Å². The number of aryl methyl sites for hydroxylation is 1. The molecule has 0 aliphatic carbocycles. The van der Waals surface area contributed by atoms with Crippen LogP contribution in [0.2, 0.25) is 0 Å². The van der Waals surface area contributed by atoms with E-state index in [0.29, 0.717) is 11.2 Å². The van der Waals surface area contributed by atoms with Gasteiger partial charge in [-0.05, 0) is 72.7 Å². The number of hydrogen-bond donors (Lipinski definition) is 1. The maximum atomic E-state index is 9.61. The molecule has 3 rings (SSSR count). The predicted octanol–water partition coefficient (Wildman–Crippen LogP) is 5.02. The molecule has 1 heterocycles. The van der Waals surface area contributed by atoms with Crippen LogP contribution in [-0.2, 0) is 6.42 Å². The third kappa shape index (κ3) is 4.62. The number of nitrogens with zero attached hydrogens (tertiary/aromatic N) is 1. The Morgan fingerprint density at radius 2 is 2.00 bits per heavy atom. The summed E-state index contributed by atoms with van der Waals surface area (Å²) in [6, 6.07) is 12.1. The molecule has 126 valence electrons. The van der Waals surface area contributed by atoms with Crippen molar-refractivity contribution in [3.05, 3.63) is 42.0 Å². The summed E-state index contributed by atoms with van der Waals surface area (Å²) in [5.41, 5.74) is 1.88. The van der Waals surface area contributed by atoms with Gasteiger partial charge in [-0.15, -0.1) is 12.4 Å². The molecular weight excluding hydrogens is 306 g/mol. The Hall–Kier alpha value is -1.25. The first kappa shape index (κ1) is 18.1. The molecule has 2 aromatic carbocycles. The Balaban J connectivity index is 0.00000192. The highest BCUT2D eigenvalue weighted by molar-refractivity contribution is 5.86. The average Bonchev–Trinajstić information content (AvgIpc) is 2.46. The van der Waals surface area contributed by atoms with E-state index in [1.54, 1.807) is 6.07 Å². The van der Waals surface area contributed by atoms with Crippen LogP contribution in [0.5, 0.6) is 5.75 Å². The number of fused-ring (bicyclic) bond motifs is 1. The second kappa shape index (κ2) is 7.55. The predicted molar refractivity (Wildman–Crippen MR) is 101 cm³/mol. The van der Waals surface area contributed by atoms with Crippen LogP contribution < -0.4 is 0 Å². The standard InChI is InChI=1S/C20H27NO.ClH/c1-20(2)11-5-13-21(15-20)12-4-8-16-6-3-7-17-14-18(22)9-10-19(16)17;/h3,6-7,9-10,14,22H,4-5,8,11-13,15H2,1-2H3;1H. The lowest BCUT2D eigenvalue weighted by Gasteiger charge is -2.38. The summed E-state index contributed by atoms with van der Waals surface area (Å²) in [6.45, 7) is 8.45. The summed E-state index contributed by atoms with van der Waals surface area (Å²) >= 11 is 0. The number of piperidine rings is 1. The van der Waals surface area contributed by atoms with E-state index in [2.05, 4.69) is 36.9 Å². The molecule has 1 saturated heterocycles. The summed E-state index contributed by atoms with van der Waals surface area (Å²) in [5.74, 6) is 0.347. The highest BCUT2D eigenvalue weighted by Crippen LogP contribution is 2.29. The largest absolute Gasteiger partial charge is 0.508 e. The Morgan fingerprint density at radius 3 is 2.78 bits per heavy atom. The van der Waals surface area contributed by atoms with Crippen molar-refractivity contribution in [2.75, 3.05) is 19.6 Å². The molecular formula is C20H28ClNO. The topological polar surface area (TPSA) is 23.5 Å². The van der Waals surface area contributed by atoms with Crippen molar-refractivity contribution < 1.29 is 5.11 Å². The molecule has 0 bridgehead atoms. The second-order valence-corrected chi connectivity index (χ2v) is 7.47. The molecule has 0 radical (unpaired) electrons. The van der Waals surface area contributed by atoms with Gasteiger partial charge in [-0.25, -0.2) is 0 Å². The summed E-state index contributed by atoms with van der Waals surface area (Å²) < 4.78 is 0. The summed E-state index contributed by atoms with van der Waals surface area (Å²) in [5, 5.41) is 12.0. The molecule has 0 saturated carbocycles. The first-order valence-corrected chi connectivity index (χ1v) is 8.47. The van der Waals surface area contributed by atoms with Gasteiger partial charge in [0.1, 0.15) is 5.75 Å². The van der Waals surface area contributed by atoms with Crippen LogP contribution in [0, 0.1) is 5.41 Å². The van der Waals surface area contributed by atoms with Crippen LogP contribution in [0.1, 0.15) is 38.7 Å². The number of likely N-dealkylation sites (tertiary alicyclic amines) is 1. The van der Waals surface area contributed by atoms with Crippen molar-refractivity contribution >= 4 is 23.2 Å². The number of aromatic hydroxyl groups is 1. The van der Waals surface area contributed by atoms with Crippen molar-refractivity contribution in [3.63, 3.8) is 0 Å². The fourth-order valence-electron chi connectivity index (χ4n) is 3.78. The quantitative estimate of drug-likeness (QED) is 0.849. The zero-order valence-electron chi connectivity index (χ0n) is 14.2. The van der Waals surface area contributed by atoms with Gasteiger partial charge in [0.15, 0.2) is 0 Å². The fraction of sp³-hybridized carbons (Fsp3) is 0.500. The van der Waals surface area contributed by atoms with E-state index in [0.717, 1.165) is 11.8 Å². The van der Waals surface area contributed by atoms with Crippen molar-refractivity contribution in [2.45, 2.75) is 39.5 Å². The summed E-state index contributed by atoms with van der Waals surface area (Å²) in [4.78, 5) is 2.63. The normalized spacial score (nSPS) is 17.8. The molecule has 3 heteroatoms. The molecule has 2 nitrogen and oxygen atoms in total. The fourth-order valence-corrected chi connectivity index (χ4v) is 3.78. The van der Waals surface area contributed by atoms with Gasteiger partial charge >= 0.3 is 0 Å². The van der Waals surface area contributed by atoms with E-state index in [1.165, 1.54) is 49.8 Å². The van der Waals surface area contributed by atoms with E-state index in [-0.39, 0.29) is 12.4 Å². The highest BCUT2D eigenvalue weighted by atomic mass is 35.5. The minimum absolute atomic E-state index is 0. The third-order valence-electron chi connectivity index (χ3n) is 4.85. The number of halogens is 1. The summed E-state index contributed by atoms with van der Waals surface area (Å²) in [6.07, 6.45) is 5.01. The Kier molecular flexibility index (Phi) is 5.94. The highest BCUT2D eigenvalue weighted by Gasteiger charge is 2.25. The third-order valence-corrected chi connectivity index (χ3v) is 4.85. The van der Waals surface area contributed by atoms with E-state index in [4.69, 9.17) is 0 Å². The van der Waals surface area contributed by atoms with Gasteiger partial charge in [0, 0.05) is 6.54 Å². The van der Waals surface area contributed by atoms with Crippen molar-refractivity contribution in [1.82, 2.24) is 4.90 Å². The van der Waals surface area contributed by atoms with Gasteiger partial charge in [0.05, 0.1) is 0 Å². The van der Waals surface area contributed by atoms with Crippen LogP contribution in [0.3, 0.4) is 0 Å². The maximum absolute atomic E-state index is 9.61. The van der Waals surface area contributed by atoms with Gasteiger partial charge in [-0.3, -0.25) is 0 Å². The lowest BCUT2D eigenvalue weighted by atomic mass is 9.84. The zero-order valence-corrected chi connectivity index (χ0v) is 15.0. The number of benzene rings is 2. The molecule has 1 aliphatic heterocycles. The SMILES string of the molecule is CC1(C)CCCN(CCCc2cccc3cc(O)ccc23)C1.Cl. The first-order chi connectivity index (χ1) is 10.5. The van der Waals surface area contributed by atoms with E-state index in [1.807, 2.05) is 12.1 Å². The van der Waals surface area contributed by atoms with E-state index in [9.17, 15) is 5.11 Å². The minimum Gasteiger partial charge on any atom is -0.508 e. The number of rotatable bonds is 4. The zero-order chi connectivity index (χ0) is 15.6. The van der Waals surface area contributed by atoms with Crippen LogP contribution in [0.15, 0.2) is 36.4 Å². The van der Waals surface area contributed by atoms with Gasteiger partial charge in [0.25, 0.3) is 0 Å². The first-order valence-electron chi connectivity index (χ1n) is 8.47. The van der Waals surface area contributed by atoms with Crippen molar-refractivity contribution in [1.29, 1.82) is 0 Å². The average molecular weight is 334 g/mol. The van der Waals surface area contributed by atoms with Crippen LogP contribution in [-0.4, -0.2) is 29.6 Å². The Labute approximate surface area is 145 Å². The molecule has 0 aromatic heterocycles. The minimum atomic E-state index is 0.